The van der Waals surface area contributed by atoms with E-state index in [1.54, 1.807) is 72.8 Å². The van der Waals surface area contributed by atoms with Crippen molar-refractivity contribution in [2.24, 2.45) is 0 Å². The molecule has 1 aromatic heterocycles. The summed E-state index contributed by atoms with van der Waals surface area (Å²) in [5.74, 6) is -0.303. The maximum Gasteiger partial charge on any atom is 0.261 e. The first kappa shape index (κ1) is 25.0. The summed E-state index contributed by atoms with van der Waals surface area (Å²) in [6, 6.07) is 24.1. The fourth-order valence-corrected chi connectivity index (χ4v) is 3.88. The van der Waals surface area contributed by atoms with E-state index >= 15 is 0 Å². The van der Waals surface area contributed by atoms with Crippen molar-refractivity contribution in [3.63, 3.8) is 0 Å². The Balaban J connectivity index is 1.63. The van der Waals surface area contributed by atoms with Crippen molar-refractivity contribution >= 4 is 23.4 Å². The number of carbonyl (C=O) groups is 2. The van der Waals surface area contributed by atoms with Gasteiger partial charge in [0.25, 0.3) is 5.91 Å². The second-order valence-corrected chi connectivity index (χ2v) is 8.38. The van der Waals surface area contributed by atoms with Crippen molar-refractivity contribution in [3.8, 4) is 5.75 Å². The molecular formula is C28H24ClFN2O4. The van der Waals surface area contributed by atoms with Gasteiger partial charge in [-0.2, -0.15) is 0 Å². The molecule has 1 heterocycles. The number of nitrogens with zero attached hydrogens (tertiary/aromatic N) is 1. The number of benzene rings is 3. The van der Waals surface area contributed by atoms with Crippen LogP contribution in [-0.2, 0) is 22.7 Å². The van der Waals surface area contributed by atoms with Crippen LogP contribution in [0.5, 0.6) is 5.75 Å². The van der Waals surface area contributed by atoms with E-state index in [1.165, 1.54) is 23.3 Å². The highest BCUT2D eigenvalue weighted by molar-refractivity contribution is 6.32. The SMILES string of the molecule is O=C(NCc1ccco1)C(c1ccccc1)N(Cc1ccc(F)cc1)C(=O)COc1ccccc1Cl. The first-order chi connectivity index (χ1) is 17.5. The molecular weight excluding hydrogens is 483 g/mol. The van der Waals surface area contributed by atoms with Crippen LogP contribution >= 0.6 is 11.6 Å². The van der Waals surface area contributed by atoms with Gasteiger partial charge in [0.1, 0.15) is 23.4 Å². The summed E-state index contributed by atoms with van der Waals surface area (Å²) in [7, 11) is 0. The number of halogens is 2. The molecule has 8 heteroatoms. The third-order valence-corrected chi connectivity index (χ3v) is 5.78. The van der Waals surface area contributed by atoms with Crippen LogP contribution in [0, 0.1) is 5.82 Å². The molecule has 36 heavy (non-hydrogen) atoms. The minimum Gasteiger partial charge on any atom is -0.482 e. The van der Waals surface area contributed by atoms with E-state index in [4.69, 9.17) is 20.8 Å². The molecule has 3 aromatic carbocycles. The lowest BCUT2D eigenvalue weighted by Gasteiger charge is -2.31. The molecule has 0 spiro atoms. The van der Waals surface area contributed by atoms with E-state index in [9.17, 15) is 14.0 Å². The van der Waals surface area contributed by atoms with Gasteiger partial charge in [-0.1, -0.05) is 66.2 Å². The minimum absolute atomic E-state index is 0.0543. The molecule has 0 fully saturated rings. The van der Waals surface area contributed by atoms with Crippen molar-refractivity contribution in [3.05, 3.63) is 125 Å². The molecule has 1 N–H and O–H groups in total. The average molecular weight is 507 g/mol. The first-order valence-electron chi connectivity index (χ1n) is 11.3. The van der Waals surface area contributed by atoms with Gasteiger partial charge in [0.2, 0.25) is 5.91 Å². The molecule has 2 amide bonds. The quantitative estimate of drug-likeness (QED) is 0.306. The number of ether oxygens (including phenoxy) is 1. The van der Waals surface area contributed by atoms with Crippen LogP contribution in [0.4, 0.5) is 4.39 Å². The van der Waals surface area contributed by atoms with Gasteiger partial charge < -0.3 is 19.4 Å². The zero-order valence-electron chi connectivity index (χ0n) is 19.3. The number of hydrogen-bond donors (Lipinski definition) is 1. The zero-order valence-corrected chi connectivity index (χ0v) is 20.0. The van der Waals surface area contributed by atoms with Crippen molar-refractivity contribution in [2.45, 2.75) is 19.1 Å². The van der Waals surface area contributed by atoms with E-state index in [-0.39, 0.29) is 19.7 Å². The number of furan rings is 1. The van der Waals surface area contributed by atoms with Crippen molar-refractivity contribution in [2.75, 3.05) is 6.61 Å². The van der Waals surface area contributed by atoms with E-state index in [1.807, 2.05) is 6.07 Å². The van der Waals surface area contributed by atoms with Gasteiger partial charge >= 0.3 is 0 Å². The van der Waals surface area contributed by atoms with Crippen molar-refractivity contribution in [1.82, 2.24) is 10.2 Å². The van der Waals surface area contributed by atoms with Crippen LogP contribution in [0.25, 0.3) is 0 Å². The number of hydrogen-bond acceptors (Lipinski definition) is 4. The van der Waals surface area contributed by atoms with Crippen LogP contribution in [0.1, 0.15) is 22.9 Å². The molecule has 1 atom stereocenters. The topological polar surface area (TPSA) is 71.8 Å². The average Bonchev–Trinajstić information content (AvgIpc) is 3.42. The zero-order chi connectivity index (χ0) is 25.3. The van der Waals surface area contributed by atoms with Gasteiger partial charge in [-0.3, -0.25) is 9.59 Å². The predicted molar refractivity (Wildman–Crippen MR) is 134 cm³/mol. The molecule has 184 valence electrons. The Morgan fingerprint density at radius 3 is 2.36 bits per heavy atom. The Labute approximate surface area is 213 Å². The highest BCUT2D eigenvalue weighted by Crippen LogP contribution is 2.26. The molecule has 4 rings (SSSR count). The highest BCUT2D eigenvalue weighted by atomic mass is 35.5. The van der Waals surface area contributed by atoms with E-state index in [0.29, 0.717) is 27.7 Å². The molecule has 0 aliphatic rings. The van der Waals surface area contributed by atoms with E-state index < -0.39 is 23.7 Å². The van der Waals surface area contributed by atoms with Gasteiger partial charge in [0, 0.05) is 6.54 Å². The summed E-state index contributed by atoms with van der Waals surface area (Å²) in [5, 5.41) is 3.22. The van der Waals surface area contributed by atoms with E-state index in [0.717, 1.165) is 0 Å². The lowest BCUT2D eigenvalue weighted by Crippen LogP contribution is -2.45. The molecule has 0 saturated heterocycles. The number of amides is 2. The first-order valence-corrected chi connectivity index (χ1v) is 11.7. The Hall–Kier alpha value is -4.10. The van der Waals surface area contributed by atoms with Gasteiger partial charge in [0.05, 0.1) is 17.8 Å². The van der Waals surface area contributed by atoms with Crippen LogP contribution in [-0.4, -0.2) is 23.3 Å². The van der Waals surface area contributed by atoms with E-state index in [2.05, 4.69) is 5.32 Å². The lowest BCUT2D eigenvalue weighted by atomic mass is 10.0. The van der Waals surface area contributed by atoms with Gasteiger partial charge in [-0.05, 0) is 47.5 Å². The highest BCUT2D eigenvalue weighted by Gasteiger charge is 2.32. The minimum atomic E-state index is -0.978. The second-order valence-electron chi connectivity index (χ2n) is 7.98. The van der Waals surface area contributed by atoms with Crippen LogP contribution in [0.2, 0.25) is 5.02 Å². The van der Waals surface area contributed by atoms with Crippen molar-refractivity contribution in [1.29, 1.82) is 0 Å². The summed E-state index contributed by atoms with van der Waals surface area (Å²) in [4.78, 5) is 28.4. The van der Waals surface area contributed by atoms with Crippen LogP contribution in [0.3, 0.4) is 0 Å². The monoisotopic (exact) mass is 506 g/mol. The summed E-state index contributed by atoms with van der Waals surface area (Å²) in [5.41, 5.74) is 1.27. The Morgan fingerprint density at radius 1 is 0.944 bits per heavy atom. The number of rotatable bonds is 10. The molecule has 0 radical (unpaired) electrons. The summed E-state index contributed by atoms with van der Waals surface area (Å²) < 4.78 is 24.5. The number of para-hydroxylation sites is 1. The van der Waals surface area contributed by atoms with Crippen LogP contribution in [0.15, 0.2) is 102 Å². The van der Waals surface area contributed by atoms with Gasteiger partial charge in [0.15, 0.2) is 6.61 Å². The fourth-order valence-electron chi connectivity index (χ4n) is 3.69. The predicted octanol–water partition coefficient (Wildman–Crippen LogP) is 5.54. The van der Waals surface area contributed by atoms with Crippen molar-refractivity contribution < 1.29 is 23.1 Å². The standard InChI is InChI=1S/C28H24ClFN2O4/c29-24-10-4-5-11-25(24)36-19-26(33)32(18-20-12-14-22(30)15-13-20)27(21-7-2-1-3-8-21)28(34)31-17-23-9-6-16-35-23/h1-16,27H,17-19H2,(H,31,34). The number of nitrogens with one attached hydrogen (secondary N) is 1. The largest absolute Gasteiger partial charge is 0.482 e. The molecule has 0 aliphatic heterocycles. The normalized spacial score (nSPS) is 11.5. The fraction of sp³-hybridized carbons (Fsp3) is 0.143. The smallest absolute Gasteiger partial charge is 0.261 e. The molecule has 6 nitrogen and oxygen atoms in total. The second kappa shape index (κ2) is 12.0. The summed E-state index contributed by atoms with van der Waals surface area (Å²) in [6.45, 7) is -0.137. The van der Waals surface area contributed by atoms with Gasteiger partial charge in [-0.25, -0.2) is 4.39 Å². The Bertz CT molecular complexity index is 1280. The van der Waals surface area contributed by atoms with Gasteiger partial charge in [-0.15, -0.1) is 0 Å². The Morgan fingerprint density at radius 2 is 1.67 bits per heavy atom. The molecule has 0 aliphatic carbocycles. The summed E-state index contributed by atoms with van der Waals surface area (Å²) >= 11 is 6.17. The molecule has 0 saturated carbocycles. The number of carbonyl (C=O) groups excluding carboxylic acids is 2. The molecule has 0 bridgehead atoms. The lowest BCUT2D eigenvalue weighted by molar-refractivity contribution is -0.143. The third kappa shape index (κ3) is 6.52. The molecule has 1 unspecified atom stereocenters. The third-order valence-electron chi connectivity index (χ3n) is 5.47. The van der Waals surface area contributed by atoms with Crippen LogP contribution < -0.4 is 10.1 Å². The maximum atomic E-state index is 13.5. The maximum absolute atomic E-state index is 13.5. The summed E-state index contributed by atoms with van der Waals surface area (Å²) in [6.07, 6.45) is 1.52. The Kier molecular flexibility index (Phi) is 8.36. The molecule has 4 aromatic rings.